The Morgan fingerprint density at radius 2 is 1.41 bits per heavy atom. The number of carboxylic acids is 3. The second-order valence-electron chi connectivity index (χ2n) is 6.63. The Morgan fingerprint density at radius 3 is 1.97 bits per heavy atom. The number of nitrogens with two attached hydrogens (primary N) is 1. The van der Waals surface area contributed by atoms with Crippen molar-refractivity contribution in [1.29, 1.82) is 0 Å². The molecule has 3 amide bonds. The van der Waals surface area contributed by atoms with E-state index in [4.69, 9.17) is 25.4 Å². The highest BCUT2D eigenvalue weighted by atomic mass is 16.5. The predicted octanol–water partition coefficient (Wildman–Crippen LogP) is -1.66. The highest BCUT2D eigenvalue weighted by molar-refractivity contribution is 5.86. The van der Waals surface area contributed by atoms with Crippen molar-refractivity contribution in [3.63, 3.8) is 0 Å². The first kappa shape index (κ1) is 29.0. The van der Waals surface area contributed by atoms with E-state index in [1.165, 1.54) is 0 Å². The standard InChI is InChI=1S/C18H32N4O10/c19-6-8-31-9-10-32-11-14(23)20-7-2-1-3-12(16(26)27)21-18(30)22-13(17(28)29)4-5-15(24)25/h12-13H,1-11,19H2,(H,20,23)(H,24,25)(H,26,27)(H,28,29)(H2,21,22,30)/t12-,13-/m0/s1. The monoisotopic (exact) mass is 464 g/mol. The first-order valence-corrected chi connectivity index (χ1v) is 10.0. The molecule has 0 saturated carbocycles. The van der Waals surface area contributed by atoms with Crippen LogP contribution < -0.4 is 21.7 Å². The molecule has 14 heteroatoms. The largest absolute Gasteiger partial charge is 0.481 e. The van der Waals surface area contributed by atoms with Crippen LogP contribution in [0, 0.1) is 0 Å². The summed E-state index contributed by atoms with van der Waals surface area (Å²) in [6.45, 7) is 1.53. The third-order valence-electron chi connectivity index (χ3n) is 3.96. The molecule has 0 saturated heterocycles. The summed E-state index contributed by atoms with van der Waals surface area (Å²) in [6, 6.07) is -3.78. The smallest absolute Gasteiger partial charge is 0.326 e. The van der Waals surface area contributed by atoms with Crippen LogP contribution in [0.2, 0.25) is 0 Å². The van der Waals surface area contributed by atoms with E-state index in [1.807, 2.05) is 5.32 Å². The van der Waals surface area contributed by atoms with Crippen molar-refractivity contribution in [2.75, 3.05) is 39.5 Å². The minimum atomic E-state index is -1.47. The van der Waals surface area contributed by atoms with Gasteiger partial charge in [0.15, 0.2) is 0 Å². The van der Waals surface area contributed by atoms with Crippen LogP contribution in [0.1, 0.15) is 32.1 Å². The molecule has 0 aromatic carbocycles. The number of ether oxygens (including phenoxy) is 2. The van der Waals surface area contributed by atoms with Crippen LogP contribution in [0.5, 0.6) is 0 Å². The quantitative estimate of drug-likeness (QED) is 0.107. The molecule has 0 aromatic rings. The Bertz CT molecular complexity index is 617. The van der Waals surface area contributed by atoms with E-state index < -0.39 is 42.4 Å². The summed E-state index contributed by atoms with van der Waals surface area (Å²) in [6.07, 6.45) is 0.0142. The fourth-order valence-electron chi connectivity index (χ4n) is 2.36. The second-order valence-corrected chi connectivity index (χ2v) is 6.63. The number of rotatable bonds is 19. The van der Waals surface area contributed by atoms with Crippen LogP contribution in [-0.2, 0) is 28.7 Å². The maximum atomic E-state index is 11.9. The molecular weight excluding hydrogens is 432 g/mol. The molecule has 0 aliphatic rings. The predicted molar refractivity (Wildman–Crippen MR) is 109 cm³/mol. The summed E-state index contributed by atoms with van der Waals surface area (Å²) < 4.78 is 10.2. The fraction of sp³-hybridized carbons (Fsp3) is 0.722. The van der Waals surface area contributed by atoms with E-state index in [2.05, 4.69) is 10.6 Å². The third kappa shape index (κ3) is 15.8. The summed E-state index contributed by atoms with van der Waals surface area (Å²) in [5.74, 6) is -4.31. The van der Waals surface area contributed by atoms with Crippen molar-refractivity contribution in [2.45, 2.75) is 44.2 Å². The van der Waals surface area contributed by atoms with Gasteiger partial charge in [-0.3, -0.25) is 9.59 Å². The van der Waals surface area contributed by atoms with Crippen LogP contribution in [0.25, 0.3) is 0 Å². The lowest BCUT2D eigenvalue weighted by molar-refractivity contribution is -0.140. The molecule has 0 bridgehead atoms. The molecule has 8 N–H and O–H groups in total. The number of carbonyl (C=O) groups is 5. The second kappa shape index (κ2) is 17.7. The maximum absolute atomic E-state index is 11.9. The summed E-state index contributed by atoms with van der Waals surface area (Å²) in [4.78, 5) is 56.4. The van der Waals surface area contributed by atoms with Gasteiger partial charge in [0.1, 0.15) is 18.7 Å². The Hall–Kier alpha value is -2.97. The summed E-state index contributed by atoms with van der Waals surface area (Å²) in [5, 5.41) is 33.7. The van der Waals surface area contributed by atoms with Crippen LogP contribution in [0.15, 0.2) is 0 Å². The van der Waals surface area contributed by atoms with Gasteiger partial charge < -0.3 is 46.5 Å². The van der Waals surface area contributed by atoms with Gasteiger partial charge in [-0.25, -0.2) is 14.4 Å². The van der Waals surface area contributed by atoms with Crippen molar-refractivity contribution < 1.29 is 48.8 Å². The molecule has 0 aliphatic carbocycles. The Labute approximate surface area is 184 Å². The van der Waals surface area contributed by atoms with Crippen molar-refractivity contribution in [1.82, 2.24) is 16.0 Å². The van der Waals surface area contributed by atoms with Gasteiger partial charge >= 0.3 is 23.9 Å². The number of carbonyl (C=O) groups excluding carboxylic acids is 2. The van der Waals surface area contributed by atoms with Gasteiger partial charge in [0.05, 0.1) is 19.8 Å². The number of amides is 3. The Morgan fingerprint density at radius 1 is 0.812 bits per heavy atom. The van der Waals surface area contributed by atoms with E-state index >= 15 is 0 Å². The normalized spacial score (nSPS) is 12.4. The molecular formula is C18H32N4O10. The van der Waals surface area contributed by atoms with Gasteiger partial charge in [-0.2, -0.15) is 0 Å². The molecule has 14 nitrogen and oxygen atoms in total. The minimum absolute atomic E-state index is 0.0421. The zero-order valence-electron chi connectivity index (χ0n) is 17.7. The lowest BCUT2D eigenvalue weighted by Crippen LogP contribution is -2.51. The molecule has 0 aliphatic heterocycles. The number of unbranched alkanes of at least 4 members (excludes halogenated alkanes) is 1. The first-order valence-electron chi connectivity index (χ1n) is 10.0. The van der Waals surface area contributed by atoms with Gasteiger partial charge in [-0.05, 0) is 25.7 Å². The molecule has 0 rings (SSSR count). The molecule has 0 radical (unpaired) electrons. The number of urea groups is 1. The van der Waals surface area contributed by atoms with E-state index in [0.717, 1.165) is 0 Å². The molecule has 0 heterocycles. The van der Waals surface area contributed by atoms with Gasteiger partial charge in [0, 0.05) is 19.5 Å². The van der Waals surface area contributed by atoms with Gasteiger partial charge in [-0.15, -0.1) is 0 Å². The molecule has 0 fully saturated rings. The number of nitrogens with one attached hydrogen (secondary N) is 3. The van der Waals surface area contributed by atoms with E-state index in [9.17, 15) is 29.1 Å². The molecule has 184 valence electrons. The van der Waals surface area contributed by atoms with Crippen molar-refractivity contribution in [3.05, 3.63) is 0 Å². The lowest BCUT2D eigenvalue weighted by Gasteiger charge is -2.18. The molecule has 0 spiro atoms. The van der Waals surface area contributed by atoms with Crippen LogP contribution in [0.4, 0.5) is 4.79 Å². The lowest BCUT2D eigenvalue weighted by atomic mass is 10.1. The zero-order chi connectivity index (χ0) is 24.4. The zero-order valence-corrected chi connectivity index (χ0v) is 17.7. The third-order valence-corrected chi connectivity index (χ3v) is 3.96. The van der Waals surface area contributed by atoms with Gasteiger partial charge in [-0.1, -0.05) is 0 Å². The van der Waals surface area contributed by atoms with E-state index in [0.29, 0.717) is 32.6 Å². The SMILES string of the molecule is NCCOCCOCC(=O)NCCCC[C@H](NC(=O)N[C@@H](CCC(=O)O)C(=O)O)C(=O)O. The highest BCUT2D eigenvalue weighted by Gasteiger charge is 2.24. The van der Waals surface area contributed by atoms with Crippen molar-refractivity contribution in [3.8, 4) is 0 Å². The Kier molecular flexibility index (Phi) is 16.0. The summed E-state index contributed by atoms with van der Waals surface area (Å²) in [5.41, 5.74) is 5.25. The van der Waals surface area contributed by atoms with Gasteiger partial charge in [0.2, 0.25) is 5.91 Å². The molecule has 32 heavy (non-hydrogen) atoms. The van der Waals surface area contributed by atoms with Crippen molar-refractivity contribution >= 4 is 29.8 Å². The fourth-order valence-corrected chi connectivity index (χ4v) is 2.36. The minimum Gasteiger partial charge on any atom is -0.481 e. The van der Waals surface area contributed by atoms with Crippen LogP contribution >= 0.6 is 0 Å². The average molecular weight is 464 g/mol. The number of hydrogen-bond acceptors (Lipinski definition) is 8. The maximum Gasteiger partial charge on any atom is 0.326 e. The summed E-state index contributed by atoms with van der Waals surface area (Å²) >= 11 is 0. The van der Waals surface area contributed by atoms with Crippen molar-refractivity contribution in [2.24, 2.45) is 5.73 Å². The number of hydrogen-bond donors (Lipinski definition) is 7. The average Bonchev–Trinajstić information content (AvgIpc) is 2.71. The Balaban J connectivity index is 4.14. The number of carboxylic acid groups (broad SMARTS) is 3. The van der Waals surface area contributed by atoms with E-state index in [1.54, 1.807) is 0 Å². The summed E-state index contributed by atoms with van der Waals surface area (Å²) in [7, 11) is 0. The van der Waals surface area contributed by atoms with Crippen LogP contribution in [-0.4, -0.2) is 96.8 Å². The van der Waals surface area contributed by atoms with Gasteiger partial charge in [0.25, 0.3) is 0 Å². The van der Waals surface area contributed by atoms with Crippen LogP contribution in [0.3, 0.4) is 0 Å². The highest BCUT2D eigenvalue weighted by Crippen LogP contribution is 2.03. The molecule has 2 atom stereocenters. The first-order chi connectivity index (χ1) is 15.2. The topological polar surface area (TPSA) is 227 Å². The molecule has 0 unspecified atom stereocenters. The molecule has 0 aromatic heterocycles. The van der Waals surface area contributed by atoms with E-state index in [-0.39, 0.29) is 38.5 Å². The number of aliphatic carboxylic acids is 3.